The van der Waals surface area contributed by atoms with Crippen LogP contribution in [0.1, 0.15) is 64.5 Å². The van der Waals surface area contributed by atoms with Crippen LogP contribution in [-0.2, 0) is 10.2 Å². The van der Waals surface area contributed by atoms with Crippen molar-refractivity contribution in [2.24, 2.45) is 0 Å². The first-order valence-corrected chi connectivity index (χ1v) is 12.2. The summed E-state index contributed by atoms with van der Waals surface area (Å²) in [7, 11) is 4.09. The summed E-state index contributed by atoms with van der Waals surface area (Å²) in [5.74, 6) is -0.285. The maximum absolute atomic E-state index is 13.1. The highest BCUT2D eigenvalue weighted by Crippen LogP contribution is 2.29. The first-order chi connectivity index (χ1) is 16.7. The fourth-order valence-electron chi connectivity index (χ4n) is 3.31. The van der Waals surface area contributed by atoms with Crippen molar-refractivity contribution in [1.82, 2.24) is 24.4 Å². The second-order valence-electron chi connectivity index (χ2n) is 11.0. The fraction of sp³-hybridized carbons (Fsp3) is 0.500. The minimum absolute atomic E-state index is 0.162. The first-order valence-electron chi connectivity index (χ1n) is 12.2. The number of nitrogens with zero attached hydrogens (tertiary/aromatic N) is 5. The fourth-order valence-corrected chi connectivity index (χ4v) is 3.31. The van der Waals surface area contributed by atoms with E-state index in [-0.39, 0.29) is 16.8 Å². The number of hydrogen-bond donors (Lipinski definition) is 0. The summed E-state index contributed by atoms with van der Waals surface area (Å²) >= 11 is 0. The number of rotatable bonds is 8. The van der Waals surface area contributed by atoms with Gasteiger partial charge in [-0.3, -0.25) is 9.69 Å². The molecule has 196 valence electrons. The van der Waals surface area contributed by atoms with Crippen LogP contribution in [0.5, 0.6) is 0 Å². The van der Waals surface area contributed by atoms with E-state index in [0.717, 1.165) is 30.5 Å². The van der Waals surface area contributed by atoms with Gasteiger partial charge in [-0.15, -0.1) is 0 Å². The molecule has 0 N–H and O–H groups in total. The summed E-state index contributed by atoms with van der Waals surface area (Å²) in [6.45, 7) is 16.4. The van der Waals surface area contributed by atoms with Crippen LogP contribution in [0, 0.1) is 5.82 Å². The number of fused-ring (bicyclic) bond motifs is 1. The molecule has 2 aromatic heterocycles. The molecule has 2 heterocycles. The Bertz CT molecular complexity index is 1160. The van der Waals surface area contributed by atoms with Crippen LogP contribution < -0.4 is 0 Å². The van der Waals surface area contributed by atoms with Gasteiger partial charge in [0.05, 0.1) is 17.4 Å². The Morgan fingerprint density at radius 2 is 1.64 bits per heavy atom. The molecule has 0 aliphatic carbocycles. The van der Waals surface area contributed by atoms with E-state index in [2.05, 4.69) is 61.5 Å². The molecule has 0 unspecified atom stereocenters. The van der Waals surface area contributed by atoms with Gasteiger partial charge in [-0.05, 0) is 77.5 Å². The Kier molecular flexibility index (Phi) is 9.63. The number of aldehydes is 2. The molecule has 0 radical (unpaired) electrons. The lowest BCUT2D eigenvalue weighted by Gasteiger charge is -2.32. The lowest BCUT2D eigenvalue weighted by molar-refractivity contribution is -0.116. The average Bonchev–Trinajstić information content (AvgIpc) is 3.25. The Labute approximate surface area is 214 Å². The van der Waals surface area contributed by atoms with E-state index < -0.39 is 0 Å². The van der Waals surface area contributed by atoms with Crippen LogP contribution >= 0.6 is 0 Å². The predicted molar refractivity (Wildman–Crippen MR) is 143 cm³/mol. The Hall–Kier alpha value is -2.97. The van der Waals surface area contributed by atoms with Crippen molar-refractivity contribution in [2.45, 2.75) is 65.5 Å². The summed E-state index contributed by atoms with van der Waals surface area (Å²) in [5, 5.41) is 4.49. The van der Waals surface area contributed by atoms with Crippen molar-refractivity contribution in [2.75, 3.05) is 27.2 Å². The average molecular weight is 498 g/mol. The first kappa shape index (κ1) is 29.3. The molecule has 3 rings (SSSR count). The lowest BCUT2D eigenvalue weighted by atomic mass is 9.87. The minimum atomic E-state index is -0.349. The van der Waals surface area contributed by atoms with E-state index in [4.69, 9.17) is 0 Å². The molecular weight excluding hydrogens is 457 g/mol. The van der Waals surface area contributed by atoms with E-state index in [1.807, 2.05) is 27.0 Å². The highest BCUT2D eigenvalue weighted by atomic mass is 19.1. The number of imidazole rings is 1. The number of hydrogen-bond acceptors (Lipinski definition) is 6. The number of aromatic nitrogens is 3. The van der Waals surface area contributed by atoms with E-state index in [1.54, 1.807) is 22.8 Å². The van der Waals surface area contributed by atoms with Gasteiger partial charge in [0.15, 0.2) is 11.9 Å². The molecule has 0 saturated heterocycles. The highest BCUT2D eigenvalue weighted by Gasteiger charge is 2.23. The van der Waals surface area contributed by atoms with E-state index >= 15 is 0 Å². The molecule has 36 heavy (non-hydrogen) atoms. The summed E-state index contributed by atoms with van der Waals surface area (Å²) in [5.41, 5.74) is 3.01. The van der Waals surface area contributed by atoms with Crippen LogP contribution in [-0.4, -0.2) is 75.7 Å². The van der Waals surface area contributed by atoms with Gasteiger partial charge in [-0.25, -0.2) is 13.9 Å². The zero-order valence-electron chi connectivity index (χ0n) is 23.0. The molecule has 7 nitrogen and oxygen atoms in total. The second-order valence-corrected chi connectivity index (χ2v) is 11.0. The maximum atomic E-state index is 13.1. The molecule has 0 aliphatic rings. The normalized spacial score (nSPS) is 12.2. The monoisotopic (exact) mass is 497 g/mol. The molecule has 1 aromatic carbocycles. The predicted octanol–water partition coefficient (Wildman–Crippen LogP) is 4.88. The number of benzene rings is 1. The smallest absolute Gasteiger partial charge is 0.170 e. The van der Waals surface area contributed by atoms with Gasteiger partial charge < -0.3 is 9.69 Å². The molecule has 0 atom stereocenters. The van der Waals surface area contributed by atoms with Gasteiger partial charge in [-0.2, -0.15) is 5.10 Å². The third kappa shape index (κ3) is 7.51. The van der Waals surface area contributed by atoms with Crippen molar-refractivity contribution in [3.63, 3.8) is 0 Å². The lowest BCUT2D eigenvalue weighted by Crippen LogP contribution is -2.46. The van der Waals surface area contributed by atoms with Gasteiger partial charge in [0.1, 0.15) is 17.8 Å². The molecular formula is C28H40FN5O2. The Morgan fingerprint density at radius 1 is 1.03 bits per heavy atom. The summed E-state index contributed by atoms with van der Waals surface area (Å²) in [6.07, 6.45) is 3.31. The van der Waals surface area contributed by atoms with Crippen molar-refractivity contribution in [1.29, 1.82) is 0 Å². The van der Waals surface area contributed by atoms with Gasteiger partial charge in [-0.1, -0.05) is 20.8 Å². The van der Waals surface area contributed by atoms with Crippen LogP contribution in [0.25, 0.3) is 16.9 Å². The zero-order valence-corrected chi connectivity index (χ0v) is 23.0. The summed E-state index contributed by atoms with van der Waals surface area (Å²) in [6, 6.07) is 8.69. The third-order valence-corrected chi connectivity index (χ3v) is 6.45. The van der Waals surface area contributed by atoms with Gasteiger partial charge in [0, 0.05) is 30.3 Å². The van der Waals surface area contributed by atoms with Crippen molar-refractivity contribution >= 4 is 18.2 Å². The van der Waals surface area contributed by atoms with Gasteiger partial charge >= 0.3 is 0 Å². The number of carbonyl (C=O) groups is 2. The highest BCUT2D eigenvalue weighted by molar-refractivity contribution is 5.74. The zero-order chi connectivity index (χ0) is 27.3. The van der Waals surface area contributed by atoms with Crippen molar-refractivity contribution < 1.29 is 14.0 Å². The minimum Gasteiger partial charge on any atom is -0.303 e. The van der Waals surface area contributed by atoms with Crippen molar-refractivity contribution in [3.05, 3.63) is 53.6 Å². The van der Waals surface area contributed by atoms with Crippen LogP contribution in [0.3, 0.4) is 0 Å². The molecule has 0 bridgehead atoms. The van der Waals surface area contributed by atoms with Crippen LogP contribution in [0.2, 0.25) is 0 Å². The summed E-state index contributed by atoms with van der Waals surface area (Å²) in [4.78, 5) is 30.5. The molecule has 3 aromatic rings. The molecule has 0 amide bonds. The van der Waals surface area contributed by atoms with Crippen LogP contribution in [0.15, 0.2) is 36.5 Å². The standard InChI is InChI=1S/C17H16FN3O.C11H24N2O/c1-17(2,3)14-8-15(11-4-6-12(18)7-5-11)20-21-9-13(10-22)19-16(14)21;1-10(2)12(5)7-8-13(6)11(3,4)9-14/h4-10H,1-3H3;9-10H,7-8H2,1-6H3. The topological polar surface area (TPSA) is 70.8 Å². The van der Waals surface area contributed by atoms with Gasteiger partial charge in [0.25, 0.3) is 0 Å². The molecule has 0 spiro atoms. The third-order valence-electron chi connectivity index (χ3n) is 6.45. The Morgan fingerprint density at radius 3 is 2.14 bits per heavy atom. The quantitative estimate of drug-likeness (QED) is 0.413. The maximum Gasteiger partial charge on any atom is 0.170 e. The Balaban J connectivity index is 0.000000284. The molecule has 0 saturated carbocycles. The largest absolute Gasteiger partial charge is 0.303 e. The molecule has 0 aliphatic heterocycles. The number of carbonyl (C=O) groups excluding carboxylic acids is 2. The van der Waals surface area contributed by atoms with E-state index in [0.29, 0.717) is 29.4 Å². The second kappa shape index (κ2) is 11.8. The SMILES string of the molecule is CC(C)(C)c1cc(-c2ccc(F)cc2)nn2cc(C=O)nc12.CC(C)N(C)CCN(C)C(C)(C)C=O. The molecule has 8 heteroatoms. The summed E-state index contributed by atoms with van der Waals surface area (Å²) < 4.78 is 14.7. The van der Waals surface area contributed by atoms with E-state index in [1.165, 1.54) is 12.1 Å². The number of likely N-dealkylation sites (N-methyl/N-ethyl adjacent to an activating group) is 2. The van der Waals surface area contributed by atoms with E-state index in [9.17, 15) is 14.0 Å². The van der Waals surface area contributed by atoms with Crippen molar-refractivity contribution in [3.8, 4) is 11.3 Å². The molecule has 0 fully saturated rings. The number of halogens is 1. The van der Waals surface area contributed by atoms with Crippen LogP contribution in [0.4, 0.5) is 4.39 Å². The van der Waals surface area contributed by atoms with Gasteiger partial charge in [0.2, 0.25) is 0 Å².